The summed E-state index contributed by atoms with van der Waals surface area (Å²) in [5, 5.41) is 6.91. The number of anilines is 1. The third-order valence-electron chi connectivity index (χ3n) is 2.75. The quantitative estimate of drug-likeness (QED) is 0.799. The van der Waals surface area contributed by atoms with E-state index in [-0.39, 0.29) is 17.2 Å². The Morgan fingerprint density at radius 1 is 1.39 bits per heavy atom. The molecule has 1 fully saturated rings. The molecule has 1 aromatic rings. The van der Waals surface area contributed by atoms with Crippen LogP contribution >= 0.6 is 11.5 Å². The number of carbonyl (C=O) groups excluding carboxylic acids is 1. The molecule has 1 saturated carbocycles. The standard InChI is InChI=1S/C12H20N4OS/c1-12(2,3)10-15-11(18-16-10)14-7-6-13-9(17)8-4-5-8/h8H,4-7H2,1-3H3,(H,13,17)(H,14,15,16). The minimum Gasteiger partial charge on any atom is -0.359 e. The van der Waals surface area contributed by atoms with Crippen LogP contribution in [0.3, 0.4) is 0 Å². The Morgan fingerprint density at radius 3 is 2.67 bits per heavy atom. The molecule has 0 unspecified atom stereocenters. The molecule has 1 aromatic heterocycles. The molecule has 0 atom stereocenters. The van der Waals surface area contributed by atoms with E-state index in [9.17, 15) is 4.79 Å². The smallest absolute Gasteiger partial charge is 0.223 e. The van der Waals surface area contributed by atoms with Gasteiger partial charge in [0.05, 0.1) is 0 Å². The fourth-order valence-corrected chi connectivity index (χ4v) is 2.23. The predicted octanol–water partition coefficient (Wildman–Crippen LogP) is 1.77. The van der Waals surface area contributed by atoms with Crippen molar-refractivity contribution in [1.82, 2.24) is 14.7 Å². The normalized spacial score (nSPS) is 15.5. The van der Waals surface area contributed by atoms with Crippen molar-refractivity contribution in [3.63, 3.8) is 0 Å². The number of rotatable bonds is 5. The number of nitrogens with zero attached hydrogens (tertiary/aromatic N) is 2. The van der Waals surface area contributed by atoms with Crippen molar-refractivity contribution in [3.8, 4) is 0 Å². The topological polar surface area (TPSA) is 66.9 Å². The maximum atomic E-state index is 11.4. The Bertz CT molecular complexity index is 420. The molecule has 1 aliphatic carbocycles. The second-order valence-electron chi connectivity index (χ2n) is 5.67. The van der Waals surface area contributed by atoms with Crippen LogP contribution in [0.4, 0.5) is 5.13 Å². The van der Waals surface area contributed by atoms with E-state index in [1.165, 1.54) is 11.5 Å². The van der Waals surface area contributed by atoms with E-state index in [1.807, 2.05) is 0 Å². The first kappa shape index (κ1) is 13.3. The van der Waals surface area contributed by atoms with Gasteiger partial charge in [-0.1, -0.05) is 20.8 Å². The number of carbonyl (C=O) groups is 1. The molecule has 2 rings (SSSR count). The van der Waals surface area contributed by atoms with Crippen LogP contribution in [0.2, 0.25) is 0 Å². The van der Waals surface area contributed by atoms with Crippen LogP contribution in [0.15, 0.2) is 0 Å². The van der Waals surface area contributed by atoms with Gasteiger partial charge in [-0.15, -0.1) is 0 Å². The molecule has 5 nitrogen and oxygen atoms in total. The summed E-state index contributed by atoms with van der Waals surface area (Å²) in [5.41, 5.74) is -0.0172. The Morgan fingerprint density at radius 2 is 2.11 bits per heavy atom. The van der Waals surface area contributed by atoms with Crippen LogP contribution in [-0.2, 0) is 10.2 Å². The first-order valence-electron chi connectivity index (χ1n) is 6.32. The highest BCUT2D eigenvalue weighted by molar-refractivity contribution is 7.09. The molecular weight excluding hydrogens is 248 g/mol. The van der Waals surface area contributed by atoms with Gasteiger partial charge in [0.15, 0.2) is 0 Å². The van der Waals surface area contributed by atoms with Gasteiger partial charge in [0, 0.05) is 36.0 Å². The number of hydrogen-bond acceptors (Lipinski definition) is 5. The number of amides is 1. The fourth-order valence-electron chi connectivity index (χ4n) is 1.44. The lowest BCUT2D eigenvalue weighted by atomic mass is 9.96. The van der Waals surface area contributed by atoms with Crippen molar-refractivity contribution in [2.45, 2.75) is 39.0 Å². The zero-order valence-corrected chi connectivity index (χ0v) is 11.9. The average molecular weight is 268 g/mol. The third-order valence-corrected chi connectivity index (χ3v) is 3.42. The summed E-state index contributed by atoms with van der Waals surface area (Å²) in [6.07, 6.45) is 2.09. The van der Waals surface area contributed by atoms with Crippen molar-refractivity contribution in [3.05, 3.63) is 5.82 Å². The molecular formula is C12H20N4OS. The minimum absolute atomic E-state index is 0.0172. The molecule has 1 amide bonds. The van der Waals surface area contributed by atoms with E-state index >= 15 is 0 Å². The molecule has 18 heavy (non-hydrogen) atoms. The highest BCUT2D eigenvalue weighted by Gasteiger charge is 2.29. The van der Waals surface area contributed by atoms with E-state index in [0.717, 1.165) is 23.8 Å². The van der Waals surface area contributed by atoms with Crippen LogP contribution in [0.25, 0.3) is 0 Å². The Kier molecular flexibility index (Phi) is 3.85. The summed E-state index contributed by atoms with van der Waals surface area (Å²) >= 11 is 1.37. The van der Waals surface area contributed by atoms with Crippen molar-refractivity contribution in [2.24, 2.45) is 5.92 Å². The third kappa shape index (κ3) is 3.66. The highest BCUT2D eigenvalue weighted by Crippen LogP contribution is 2.28. The second-order valence-corrected chi connectivity index (χ2v) is 6.42. The lowest BCUT2D eigenvalue weighted by molar-refractivity contribution is -0.122. The van der Waals surface area contributed by atoms with Crippen molar-refractivity contribution < 1.29 is 4.79 Å². The molecule has 0 spiro atoms. The Labute approximate surface area is 112 Å². The van der Waals surface area contributed by atoms with Crippen molar-refractivity contribution in [1.29, 1.82) is 0 Å². The fraction of sp³-hybridized carbons (Fsp3) is 0.750. The van der Waals surface area contributed by atoms with E-state index in [2.05, 4.69) is 40.8 Å². The molecule has 100 valence electrons. The summed E-state index contributed by atoms with van der Waals surface area (Å²) in [4.78, 5) is 15.8. The van der Waals surface area contributed by atoms with Gasteiger partial charge in [-0.05, 0) is 12.8 Å². The maximum absolute atomic E-state index is 11.4. The molecule has 1 aliphatic rings. The number of nitrogens with one attached hydrogen (secondary N) is 2. The zero-order valence-electron chi connectivity index (χ0n) is 11.1. The van der Waals surface area contributed by atoms with E-state index in [1.54, 1.807) is 0 Å². The molecule has 0 aliphatic heterocycles. The Balaban J connectivity index is 1.70. The first-order valence-corrected chi connectivity index (χ1v) is 7.10. The second kappa shape index (κ2) is 5.22. The lowest BCUT2D eigenvalue weighted by Crippen LogP contribution is -2.29. The van der Waals surface area contributed by atoms with Crippen LogP contribution in [0.5, 0.6) is 0 Å². The molecule has 0 aromatic carbocycles. The molecule has 0 saturated heterocycles. The van der Waals surface area contributed by atoms with Gasteiger partial charge in [-0.2, -0.15) is 4.37 Å². The van der Waals surface area contributed by atoms with Gasteiger partial charge < -0.3 is 10.6 Å². The van der Waals surface area contributed by atoms with Crippen LogP contribution < -0.4 is 10.6 Å². The predicted molar refractivity (Wildman–Crippen MR) is 72.8 cm³/mol. The van der Waals surface area contributed by atoms with Crippen LogP contribution in [0, 0.1) is 5.92 Å². The SMILES string of the molecule is CC(C)(C)c1nsc(NCCNC(=O)C2CC2)n1. The minimum atomic E-state index is -0.0172. The average Bonchev–Trinajstić information content (AvgIpc) is 3.02. The van der Waals surface area contributed by atoms with E-state index in [4.69, 9.17) is 0 Å². The zero-order chi connectivity index (χ0) is 13.2. The lowest BCUT2D eigenvalue weighted by Gasteiger charge is -2.12. The summed E-state index contributed by atoms with van der Waals surface area (Å²) in [6.45, 7) is 7.61. The molecule has 1 heterocycles. The number of hydrogen-bond donors (Lipinski definition) is 2. The molecule has 0 bridgehead atoms. The monoisotopic (exact) mass is 268 g/mol. The van der Waals surface area contributed by atoms with Gasteiger partial charge in [0.2, 0.25) is 11.0 Å². The van der Waals surface area contributed by atoms with Gasteiger partial charge in [0.1, 0.15) is 5.82 Å². The van der Waals surface area contributed by atoms with E-state index in [0.29, 0.717) is 13.1 Å². The highest BCUT2D eigenvalue weighted by atomic mass is 32.1. The van der Waals surface area contributed by atoms with Crippen LogP contribution in [-0.4, -0.2) is 28.4 Å². The summed E-state index contributed by atoms with van der Waals surface area (Å²) in [7, 11) is 0. The summed E-state index contributed by atoms with van der Waals surface area (Å²) in [6, 6.07) is 0. The van der Waals surface area contributed by atoms with Gasteiger partial charge in [-0.3, -0.25) is 4.79 Å². The summed E-state index contributed by atoms with van der Waals surface area (Å²) in [5.74, 6) is 1.32. The van der Waals surface area contributed by atoms with E-state index < -0.39 is 0 Å². The molecule has 0 radical (unpaired) electrons. The van der Waals surface area contributed by atoms with Crippen LogP contribution in [0.1, 0.15) is 39.4 Å². The largest absolute Gasteiger partial charge is 0.359 e. The van der Waals surface area contributed by atoms with Crippen molar-refractivity contribution >= 4 is 22.6 Å². The first-order chi connectivity index (χ1) is 8.47. The summed E-state index contributed by atoms with van der Waals surface area (Å²) < 4.78 is 4.32. The Hall–Kier alpha value is -1.17. The van der Waals surface area contributed by atoms with Gasteiger partial charge >= 0.3 is 0 Å². The molecule has 6 heteroatoms. The van der Waals surface area contributed by atoms with Crippen molar-refractivity contribution in [2.75, 3.05) is 18.4 Å². The van der Waals surface area contributed by atoms with Gasteiger partial charge in [0.25, 0.3) is 0 Å². The van der Waals surface area contributed by atoms with Gasteiger partial charge in [-0.25, -0.2) is 4.98 Å². The maximum Gasteiger partial charge on any atom is 0.223 e. The molecule has 2 N–H and O–H groups in total. The number of aromatic nitrogens is 2.